The van der Waals surface area contributed by atoms with Gasteiger partial charge in [-0.2, -0.15) is 0 Å². The summed E-state index contributed by atoms with van der Waals surface area (Å²) in [6.45, 7) is 0. The molecule has 110 valence electrons. The van der Waals surface area contributed by atoms with E-state index in [1.54, 1.807) is 36.4 Å². The third-order valence-corrected chi connectivity index (χ3v) is 4.19. The summed E-state index contributed by atoms with van der Waals surface area (Å²) in [6, 6.07) is 14.3. The van der Waals surface area contributed by atoms with Gasteiger partial charge in [-0.05, 0) is 29.8 Å². The average molecular weight is 324 g/mol. The summed E-state index contributed by atoms with van der Waals surface area (Å²) in [6.07, 6.45) is 0. The van der Waals surface area contributed by atoms with Crippen molar-refractivity contribution in [2.24, 2.45) is 5.73 Å². The summed E-state index contributed by atoms with van der Waals surface area (Å²) >= 11 is 6.01. The van der Waals surface area contributed by atoms with Crippen LogP contribution >= 0.6 is 11.6 Å². The molecular formula is C15H14ClNO3S. The van der Waals surface area contributed by atoms with E-state index in [0.29, 0.717) is 16.5 Å². The molecule has 0 aliphatic rings. The zero-order valence-corrected chi connectivity index (χ0v) is 12.7. The second-order valence-electron chi connectivity index (χ2n) is 4.37. The number of carbonyl (C=O) groups is 1. The molecule has 6 heteroatoms. The van der Waals surface area contributed by atoms with Crippen molar-refractivity contribution >= 4 is 28.3 Å². The van der Waals surface area contributed by atoms with E-state index < -0.39 is 16.7 Å². The van der Waals surface area contributed by atoms with Gasteiger partial charge in [-0.1, -0.05) is 35.9 Å². The van der Waals surface area contributed by atoms with Gasteiger partial charge in [0.25, 0.3) is 0 Å². The number of carbonyl (C=O) groups excluding carboxylic acids is 1. The SMILES string of the molecule is NC(=O)C[S@](=O)Cc1ccc(Oc2ccccc2Cl)cc1. The molecule has 2 N–H and O–H groups in total. The highest BCUT2D eigenvalue weighted by Gasteiger charge is 2.06. The lowest BCUT2D eigenvalue weighted by molar-refractivity contribution is -0.115. The van der Waals surface area contributed by atoms with Gasteiger partial charge in [0, 0.05) is 16.6 Å². The van der Waals surface area contributed by atoms with E-state index in [-0.39, 0.29) is 11.5 Å². The van der Waals surface area contributed by atoms with Gasteiger partial charge >= 0.3 is 0 Å². The van der Waals surface area contributed by atoms with Crippen LogP contribution < -0.4 is 10.5 Å². The van der Waals surface area contributed by atoms with Gasteiger partial charge in [-0.3, -0.25) is 9.00 Å². The van der Waals surface area contributed by atoms with E-state index in [0.717, 1.165) is 5.56 Å². The van der Waals surface area contributed by atoms with Crippen LogP contribution in [0.4, 0.5) is 0 Å². The smallest absolute Gasteiger partial charge is 0.230 e. The first-order valence-corrected chi connectivity index (χ1v) is 8.06. The van der Waals surface area contributed by atoms with Crippen LogP contribution in [0, 0.1) is 0 Å². The average Bonchev–Trinajstić information content (AvgIpc) is 2.42. The largest absolute Gasteiger partial charge is 0.456 e. The van der Waals surface area contributed by atoms with E-state index >= 15 is 0 Å². The Morgan fingerprint density at radius 1 is 1.14 bits per heavy atom. The minimum absolute atomic E-state index is 0.127. The molecule has 0 bridgehead atoms. The highest BCUT2D eigenvalue weighted by atomic mass is 35.5. The number of halogens is 1. The van der Waals surface area contributed by atoms with Gasteiger partial charge in [-0.25, -0.2) is 0 Å². The van der Waals surface area contributed by atoms with Crippen molar-refractivity contribution < 1.29 is 13.7 Å². The van der Waals surface area contributed by atoms with Crippen LogP contribution in [0.3, 0.4) is 0 Å². The van der Waals surface area contributed by atoms with Crippen molar-refractivity contribution in [3.8, 4) is 11.5 Å². The second kappa shape index (κ2) is 7.24. The number of primary amides is 1. The van der Waals surface area contributed by atoms with Crippen molar-refractivity contribution in [2.45, 2.75) is 5.75 Å². The van der Waals surface area contributed by atoms with Crippen LogP contribution in [-0.4, -0.2) is 15.9 Å². The maximum atomic E-state index is 11.6. The van der Waals surface area contributed by atoms with Crippen molar-refractivity contribution in [2.75, 3.05) is 5.75 Å². The minimum atomic E-state index is -1.29. The van der Waals surface area contributed by atoms with Gasteiger partial charge in [0.15, 0.2) is 0 Å². The van der Waals surface area contributed by atoms with E-state index in [2.05, 4.69) is 0 Å². The van der Waals surface area contributed by atoms with E-state index in [4.69, 9.17) is 22.1 Å². The van der Waals surface area contributed by atoms with Crippen molar-refractivity contribution in [1.82, 2.24) is 0 Å². The standard InChI is InChI=1S/C15H14ClNO3S/c16-13-3-1-2-4-14(13)20-12-7-5-11(6-8-12)9-21(19)10-15(17)18/h1-8H,9-10H2,(H2,17,18)/t21-/m1/s1. The number of hydrogen-bond acceptors (Lipinski definition) is 3. The second-order valence-corrected chi connectivity index (χ2v) is 6.24. The van der Waals surface area contributed by atoms with Gasteiger partial charge in [0.05, 0.1) is 5.02 Å². The fraction of sp³-hybridized carbons (Fsp3) is 0.133. The molecule has 1 atom stereocenters. The van der Waals surface area contributed by atoms with Gasteiger partial charge in [0.1, 0.15) is 17.3 Å². The third-order valence-electron chi connectivity index (χ3n) is 2.62. The molecule has 4 nitrogen and oxygen atoms in total. The van der Waals surface area contributed by atoms with Crippen LogP contribution in [-0.2, 0) is 21.3 Å². The van der Waals surface area contributed by atoms with Gasteiger partial charge in [-0.15, -0.1) is 0 Å². The predicted molar refractivity (Wildman–Crippen MR) is 83.9 cm³/mol. The summed E-state index contributed by atoms with van der Waals surface area (Å²) in [4.78, 5) is 10.7. The molecule has 2 aromatic rings. The maximum Gasteiger partial charge on any atom is 0.230 e. The van der Waals surface area contributed by atoms with Crippen LogP contribution in [0.5, 0.6) is 11.5 Å². The molecule has 1 amide bonds. The number of rotatable bonds is 6. The van der Waals surface area contributed by atoms with E-state index in [9.17, 15) is 9.00 Å². The van der Waals surface area contributed by atoms with Crippen LogP contribution in [0.1, 0.15) is 5.56 Å². The highest BCUT2D eigenvalue weighted by molar-refractivity contribution is 7.84. The summed E-state index contributed by atoms with van der Waals surface area (Å²) in [5, 5.41) is 0.532. The number of ether oxygens (including phenoxy) is 1. The number of nitrogens with two attached hydrogens (primary N) is 1. The molecule has 0 heterocycles. The molecule has 0 aliphatic carbocycles. The zero-order chi connectivity index (χ0) is 15.2. The van der Waals surface area contributed by atoms with E-state index in [1.165, 1.54) is 0 Å². The van der Waals surface area contributed by atoms with Crippen molar-refractivity contribution in [3.05, 3.63) is 59.1 Å². The molecule has 0 spiro atoms. The zero-order valence-electron chi connectivity index (χ0n) is 11.1. The Kier molecular flexibility index (Phi) is 5.36. The normalized spacial score (nSPS) is 11.9. The molecule has 2 aromatic carbocycles. The first-order chi connectivity index (χ1) is 10.0. The summed E-state index contributed by atoms with van der Waals surface area (Å²) < 4.78 is 17.3. The quantitative estimate of drug-likeness (QED) is 0.888. The molecule has 2 rings (SSSR count). The fourth-order valence-electron chi connectivity index (χ4n) is 1.70. The van der Waals surface area contributed by atoms with Crippen molar-refractivity contribution in [1.29, 1.82) is 0 Å². The van der Waals surface area contributed by atoms with Gasteiger partial charge in [0.2, 0.25) is 5.91 Å². The molecule has 0 aromatic heterocycles. The lowest BCUT2D eigenvalue weighted by atomic mass is 10.2. The Morgan fingerprint density at radius 2 is 1.81 bits per heavy atom. The lowest BCUT2D eigenvalue weighted by Crippen LogP contribution is -2.20. The Balaban J connectivity index is 2.01. The molecule has 0 fully saturated rings. The first kappa shape index (κ1) is 15.5. The Labute approximate surface area is 130 Å². The molecule has 0 saturated carbocycles. The monoisotopic (exact) mass is 323 g/mol. The summed E-state index contributed by atoms with van der Waals surface area (Å²) in [5.74, 6) is 0.802. The summed E-state index contributed by atoms with van der Waals surface area (Å²) in [7, 11) is -1.29. The molecular weight excluding hydrogens is 310 g/mol. The summed E-state index contributed by atoms with van der Waals surface area (Å²) in [5.41, 5.74) is 5.85. The number of para-hydroxylation sites is 1. The molecule has 0 radical (unpaired) electrons. The first-order valence-electron chi connectivity index (χ1n) is 6.19. The molecule has 0 aliphatic heterocycles. The van der Waals surface area contributed by atoms with Crippen LogP contribution in [0.25, 0.3) is 0 Å². The topological polar surface area (TPSA) is 69.4 Å². The Morgan fingerprint density at radius 3 is 2.43 bits per heavy atom. The molecule has 0 saturated heterocycles. The number of amides is 1. The number of benzene rings is 2. The molecule has 0 unspecified atom stereocenters. The number of hydrogen-bond donors (Lipinski definition) is 1. The van der Waals surface area contributed by atoms with Crippen LogP contribution in [0.2, 0.25) is 5.02 Å². The van der Waals surface area contributed by atoms with Crippen molar-refractivity contribution in [3.63, 3.8) is 0 Å². The van der Waals surface area contributed by atoms with E-state index in [1.807, 2.05) is 12.1 Å². The van der Waals surface area contributed by atoms with Gasteiger partial charge < -0.3 is 10.5 Å². The molecule has 21 heavy (non-hydrogen) atoms. The minimum Gasteiger partial charge on any atom is -0.456 e. The predicted octanol–water partition coefficient (Wildman–Crippen LogP) is 2.87. The Bertz CT molecular complexity index is 658. The Hall–Kier alpha value is -1.85. The maximum absolute atomic E-state index is 11.6. The lowest BCUT2D eigenvalue weighted by Gasteiger charge is -2.08. The highest BCUT2D eigenvalue weighted by Crippen LogP contribution is 2.28. The fourth-order valence-corrected chi connectivity index (χ4v) is 2.86. The van der Waals surface area contributed by atoms with Crippen LogP contribution in [0.15, 0.2) is 48.5 Å². The third kappa shape index (κ3) is 4.88.